The number of aliphatic hydroxyl groups excluding tert-OH is 1. The van der Waals surface area contributed by atoms with Crippen LogP contribution in [0.1, 0.15) is 29.4 Å². The van der Waals surface area contributed by atoms with Gasteiger partial charge in [0.2, 0.25) is 5.91 Å². The van der Waals surface area contributed by atoms with Gasteiger partial charge in [0.05, 0.1) is 12.1 Å². The van der Waals surface area contributed by atoms with E-state index >= 15 is 0 Å². The molecule has 7 nitrogen and oxygen atoms in total. The molecule has 110 valence electrons. The van der Waals surface area contributed by atoms with Gasteiger partial charge >= 0.3 is 5.69 Å². The Bertz CT molecular complexity index is 706. The average Bonchev–Trinajstić information content (AvgIpc) is 3.01. The summed E-state index contributed by atoms with van der Waals surface area (Å²) >= 11 is 0. The standard InChI is InChI=1S/C14H16N4O3/c19-10-7-8-3-1-2-4-9(8)13(10)16-12(20)6-5-11-15-14(21)18-17-11/h1-4,10,13,19H,5-7H2,(H,16,20)(H2,15,17,18,21)/t10-,13+/m0/s1. The van der Waals surface area contributed by atoms with Crippen molar-refractivity contribution in [2.45, 2.75) is 31.4 Å². The van der Waals surface area contributed by atoms with Crippen LogP contribution < -0.4 is 11.0 Å². The van der Waals surface area contributed by atoms with Crippen molar-refractivity contribution in [3.63, 3.8) is 0 Å². The van der Waals surface area contributed by atoms with Crippen LogP contribution >= 0.6 is 0 Å². The molecule has 1 aliphatic carbocycles. The van der Waals surface area contributed by atoms with Crippen molar-refractivity contribution in [3.05, 3.63) is 51.7 Å². The number of carbonyl (C=O) groups excluding carboxylic acids is 1. The first-order chi connectivity index (χ1) is 10.1. The molecule has 0 bridgehead atoms. The van der Waals surface area contributed by atoms with E-state index in [1.165, 1.54) is 0 Å². The molecule has 1 heterocycles. The van der Waals surface area contributed by atoms with Crippen LogP contribution in [-0.4, -0.2) is 32.3 Å². The van der Waals surface area contributed by atoms with E-state index in [-0.39, 0.29) is 24.1 Å². The van der Waals surface area contributed by atoms with E-state index in [0.29, 0.717) is 18.7 Å². The highest BCUT2D eigenvalue weighted by Crippen LogP contribution is 2.31. The summed E-state index contributed by atoms with van der Waals surface area (Å²) in [6, 6.07) is 7.32. The van der Waals surface area contributed by atoms with E-state index < -0.39 is 6.10 Å². The van der Waals surface area contributed by atoms with Crippen molar-refractivity contribution in [2.24, 2.45) is 0 Å². The number of hydrogen-bond acceptors (Lipinski definition) is 4. The van der Waals surface area contributed by atoms with Gasteiger partial charge in [-0.15, -0.1) is 0 Å². The monoisotopic (exact) mass is 288 g/mol. The Labute approximate surface area is 120 Å². The molecule has 3 rings (SSSR count). The van der Waals surface area contributed by atoms with Gasteiger partial charge in [-0.2, -0.15) is 5.10 Å². The smallest absolute Gasteiger partial charge is 0.340 e. The lowest BCUT2D eigenvalue weighted by Gasteiger charge is -2.17. The third kappa shape index (κ3) is 2.87. The molecule has 2 atom stereocenters. The first kappa shape index (κ1) is 13.6. The van der Waals surface area contributed by atoms with Crippen LogP contribution in [0.3, 0.4) is 0 Å². The third-order valence-corrected chi connectivity index (χ3v) is 3.66. The molecule has 4 N–H and O–H groups in total. The van der Waals surface area contributed by atoms with Crippen molar-refractivity contribution >= 4 is 5.91 Å². The molecule has 1 aromatic carbocycles. The molecule has 21 heavy (non-hydrogen) atoms. The van der Waals surface area contributed by atoms with Crippen molar-refractivity contribution in [1.82, 2.24) is 20.5 Å². The lowest BCUT2D eigenvalue weighted by molar-refractivity contribution is -0.122. The summed E-state index contributed by atoms with van der Waals surface area (Å²) in [5.41, 5.74) is 1.64. The van der Waals surface area contributed by atoms with Gasteiger partial charge in [0, 0.05) is 19.3 Å². The van der Waals surface area contributed by atoms with E-state index in [1.54, 1.807) is 0 Å². The van der Waals surface area contributed by atoms with Gasteiger partial charge in [0.1, 0.15) is 5.82 Å². The molecule has 0 spiro atoms. The third-order valence-electron chi connectivity index (χ3n) is 3.66. The van der Waals surface area contributed by atoms with Crippen molar-refractivity contribution in [3.8, 4) is 0 Å². The predicted octanol–water partition coefficient (Wildman–Crippen LogP) is -0.195. The molecular weight excluding hydrogens is 272 g/mol. The fourth-order valence-corrected chi connectivity index (χ4v) is 2.65. The summed E-state index contributed by atoms with van der Waals surface area (Å²) < 4.78 is 0. The van der Waals surface area contributed by atoms with Crippen molar-refractivity contribution in [1.29, 1.82) is 0 Å². The zero-order valence-electron chi connectivity index (χ0n) is 11.3. The Kier molecular flexibility index (Phi) is 3.57. The van der Waals surface area contributed by atoms with Gasteiger partial charge in [-0.25, -0.2) is 9.89 Å². The van der Waals surface area contributed by atoms with E-state index in [9.17, 15) is 14.7 Å². The van der Waals surface area contributed by atoms with Gasteiger partial charge in [0.15, 0.2) is 0 Å². The number of benzene rings is 1. The number of hydrogen-bond donors (Lipinski definition) is 4. The maximum atomic E-state index is 12.0. The summed E-state index contributed by atoms with van der Waals surface area (Å²) in [6.45, 7) is 0. The molecule has 0 saturated carbocycles. The Morgan fingerprint density at radius 2 is 2.24 bits per heavy atom. The minimum Gasteiger partial charge on any atom is -0.390 e. The number of H-pyrrole nitrogens is 2. The maximum absolute atomic E-state index is 12.0. The SMILES string of the molecule is O=C(CCc1n[nH]c(=O)[nH]1)N[C@@H]1c2ccccc2C[C@@H]1O. The average molecular weight is 288 g/mol. The second kappa shape index (κ2) is 5.53. The second-order valence-electron chi connectivity index (χ2n) is 5.14. The minimum atomic E-state index is -0.600. The molecule has 0 fully saturated rings. The van der Waals surface area contributed by atoms with Crippen LogP contribution in [0.15, 0.2) is 29.1 Å². The van der Waals surface area contributed by atoms with Crippen molar-refractivity contribution < 1.29 is 9.90 Å². The number of fused-ring (bicyclic) bond motifs is 1. The van der Waals surface area contributed by atoms with Gasteiger partial charge in [-0.1, -0.05) is 24.3 Å². The number of nitrogens with zero attached hydrogens (tertiary/aromatic N) is 1. The zero-order valence-corrected chi connectivity index (χ0v) is 11.3. The molecule has 0 aliphatic heterocycles. The quantitative estimate of drug-likeness (QED) is 0.624. The number of aryl methyl sites for hydroxylation is 1. The largest absolute Gasteiger partial charge is 0.390 e. The van der Waals surface area contributed by atoms with E-state index in [1.807, 2.05) is 24.3 Å². The number of rotatable bonds is 4. The summed E-state index contributed by atoms with van der Waals surface area (Å²) in [5, 5.41) is 18.9. The van der Waals surface area contributed by atoms with Crippen molar-refractivity contribution in [2.75, 3.05) is 0 Å². The number of aromatic nitrogens is 3. The lowest BCUT2D eigenvalue weighted by atomic mass is 10.1. The maximum Gasteiger partial charge on any atom is 0.340 e. The number of aliphatic hydroxyl groups is 1. The highest BCUT2D eigenvalue weighted by atomic mass is 16.3. The van der Waals surface area contributed by atoms with Gasteiger partial charge in [-0.3, -0.25) is 9.78 Å². The van der Waals surface area contributed by atoms with E-state index in [0.717, 1.165) is 11.1 Å². The molecule has 1 aromatic heterocycles. The number of carbonyl (C=O) groups is 1. The van der Waals surface area contributed by atoms with Crippen LogP contribution in [0.4, 0.5) is 0 Å². The second-order valence-corrected chi connectivity index (χ2v) is 5.14. The summed E-state index contributed by atoms with van der Waals surface area (Å²) in [6.07, 6.45) is 0.492. The van der Waals surface area contributed by atoms with Gasteiger partial charge in [-0.05, 0) is 11.1 Å². The molecular formula is C14H16N4O3. The number of nitrogens with one attached hydrogen (secondary N) is 3. The van der Waals surface area contributed by atoms with Crippen LogP contribution in [0, 0.1) is 0 Å². The predicted molar refractivity (Wildman–Crippen MR) is 74.6 cm³/mol. The first-order valence-electron chi connectivity index (χ1n) is 6.82. The molecule has 0 radical (unpaired) electrons. The minimum absolute atomic E-state index is 0.181. The fraction of sp³-hybridized carbons (Fsp3) is 0.357. The van der Waals surface area contributed by atoms with Crippen LogP contribution in [0.25, 0.3) is 0 Å². The molecule has 7 heteroatoms. The van der Waals surface area contributed by atoms with Crippen LogP contribution in [0.2, 0.25) is 0 Å². The number of aromatic amines is 2. The molecule has 1 amide bonds. The van der Waals surface area contributed by atoms with E-state index in [2.05, 4.69) is 20.5 Å². The van der Waals surface area contributed by atoms with Crippen LogP contribution in [0.5, 0.6) is 0 Å². The highest BCUT2D eigenvalue weighted by molar-refractivity contribution is 5.77. The molecule has 2 aromatic rings. The fourth-order valence-electron chi connectivity index (χ4n) is 2.65. The number of amides is 1. The molecule has 0 saturated heterocycles. The van der Waals surface area contributed by atoms with Gasteiger partial charge < -0.3 is 10.4 Å². The summed E-state index contributed by atoms with van der Waals surface area (Å²) in [5.74, 6) is 0.266. The van der Waals surface area contributed by atoms with E-state index in [4.69, 9.17) is 0 Å². The first-order valence-corrected chi connectivity index (χ1v) is 6.82. The zero-order chi connectivity index (χ0) is 14.8. The highest BCUT2D eigenvalue weighted by Gasteiger charge is 2.31. The Balaban J connectivity index is 1.61. The Hall–Kier alpha value is -2.41. The van der Waals surface area contributed by atoms with Gasteiger partial charge in [0.25, 0.3) is 0 Å². The Morgan fingerprint density at radius 1 is 1.43 bits per heavy atom. The topological polar surface area (TPSA) is 111 Å². The lowest BCUT2D eigenvalue weighted by Crippen LogP contribution is -2.34. The summed E-state index contributed by atoms with van der Waals surface area (Å²) in [7, 11) is 0. The Morgan fingerprint density at radius 3 is 3.00 bits per heavy atom. The molecule has 1 aliphatic rings. The molecule has 0 unspecified atom stereocenters. The summed E-state index contributed by atoms with van der Waals surface area (Å²) in [4.78, 5) is 25.4. The normalized spacial score (nSPS) is 20.2. The van der Waals surface area contributed by atoms with Crippen LogP contribution in [-0.2, 0) is 17.6 Å².